The molecule has 0 saturated carbocycles. The first-order valence-electron chi connectivity index (χ1n) is 8.13. The van der Waals surface area contributed by atoms with Gasteiger partial charge in [0.1, 0.15) is 5.44 Å². The van der Waals surface area contributed by atoms with Gasteiger partial charge >= 0.3 is 17.9 Å². The number of carbonyl (C=O) groups is 3. The standard InChI is InChI=1S/C18H22O7S/c1-10-5-7-14(8-6-10)26-18-17(25-13(4)21)16(24-12(3)20)15(9-22-18)23-11(2)19/h5-8,15-18H,9H2,1-4H3/t15-,16+,17-,18+/m1/s1. The maximum atomic E-state index is 11.6. The van der Waals surface area contributed by atoms with E-state index >= 15 is 0 Å². The van der Waals surface area contributed by atoms with Gasteiger partial charge in [-0.2, -0.15) is 0 Å². The van der Waals surface area contributed by atoms with Crippen LogP contribution in [0.5, 0.6) is 0 Å². The van der Waals surface area contributed by atoms with Gasteiger partial charge in [0.15, 0.2) is 18.3 Å². The molecular formula is C18H22O7S. The van der Waals surface area contributed by atoms with Gasteiger partial charge in [-0.3, -0.25) is 14.4 Å². The summed E-state index contributed by atoms with van der Waals surface area (Å²) in [5.74, 6) is -1.65. The third-order valence-electron chi connectivity index (χ3n) is 3.58. The second-order valence-electron chi connectivity index (χ2n) is 5.93. The lowest BCUT2D eigenvalue weighted by Crippen LogP contribution is -2.56. The number of hydrogen-bond acceptors (Lipinski definition) is 8. The van der Waals surface area contributed by atoms with Crippen LogP contribution in [0.25, 0.3) is 0 Å². The molecule has 0 radical (unpaired) electrons. The molecule has 0 aromatic heterocycles. The number of esters is 3. The minimum absolute atomic E-state index is 0.0266. The Bertz CT molecular complexity index is 658. The molecule has 0 spiro atoms. The fourth-order valence-corrected chi connectivity index (χ4v) is 3.61. The zero-order valence-electron chi connectivity index (χ0n) is 15.1. The number of thioether (sulfide) groups is 1. The van der Waals surface area contributed by atoms with E-state index in [1.165, 1.54) is 32.5 Å². The summed E-state index contributed by atoms with van der Waals surface area (Å²) in [6.45, 7) is 5.76. The van der Waals surface area contributed by atoms with Crippen LogP contribution in [0.1, 0.15) is 26.3 Å². The molecule has 2 rings (SSSR count). The predicted molar refractivity (Wildman–Crippen MR) is 93.4 cm³/mol. The number of carbonyl (C=O) groups excluding carboxylic acids is 3. The summed E-state index contributed by atoms with van der Waals surface area (Å²) in [6, 6.07) is 7.76. The van der Waals surface area contributed by atoms with E-state index in [2.05, 4.69) is 0 Å². The van der Waals surface area contributed by atoms with Crippen molar-refractivity contribution in [3.8, 4) is 0 Å². The number of hydrogen-bond donors (Lipinski definition) is 0. The molecule has 1 saturated heterocycles. The van der Waals surface area contributed by atoms with Crippen molar-refractivity contribution in [3.63, 3.8) is 0 Å². The van der Waals surface area contributed by atoms with Crippen LogP contribution in [-0.2, 0) is 33.3 Å². The lowest BCUT2D eigenvalue weighted by Gasteiger charge is -2.40. The van der Waals surface area contributed by atoms with Crippen molar-refractivity contribution in [3.05, 3.63) is 29.8 Å². The van der Waals surface area contributed by atoms with Crippen molar-refractivity contribution in [1.82, 2.24) is 0 Å². The predicted octanol–water partition coefficient (Wildman–Crippen LogP) is 2.24. The lowest BCUT2D eigenvalue weighted by atomic mass is 10.1. The zero-order chi connectivity index (χ0) is 19.3. The van der Waals surface area contributed by atoms with Gasteiger partial charge in [-0.25, -0.2) is 0 Å². The van der Waals surface area contributed by atoms with E-state index in [-0.39, 0.29) is 6.61 Å². The second kappa shape index (κ2) is 9.05. The Morgan fingerprint density at radius 2 is 1.46 bits per heavy atom. The fourth-order valence-electron chi connectivity index (χ4n) is 2.56. The minimum Gasteiger partial charge on any atom is -0.456 e. The molecule has 26 heavy (non-hydrogen) atoms. The van der Waals surface area contributed by atoms with Crippen molar-refractivity contribution >= 4 is 29.7 Å². The highest BCUT2D eigenvalue weighted by atomic mass is 32.2. The van der Waals surface area contributed by atoms with Crippen molar-refractivity contribution in [2.24, 2.45) is 0 Å². The van der Waals surface area contributed by atoms with Gasteiger partial charge in [0.05, 0.1) is 6.61 Å². The highest BCUT2D eigenvalue weighted by Gasteiger charge is 2.47. The molecular weight excluding hydrogens is 360 g/mol. The van der Waals surface area contributed by atoms with E-state index in [0.29, 0.717) is 0 Å². The first-order chi connectivity index (χ1) is 12.3. The average molecular weight is 382 g/mol. The number of rotatable bonds is 5. The molecule has 1 aliphatic heterocycles. The molecule has 0 aliphatic carbocycles. The van der Waals surface area contributed by atoms with Crippen LogP contribution in [0.15, 0.2) is 29.2 Å². The van der Waals surface area contributed by atoms with Gasteiger partial charge in [0.25, 0.3) is 0 Å². The summed E-state index contributed by atoms with van der Waals surface area (Å²) in [5.41, 5.74) is 0.501. The second-order valence-corrected chi connectivity index (χ2v) is 7.10. The van der Waals surface area contributed by atoms with E-state index in [1.807, 2.05) is 31.2 Å². The zero-order valence-corrected chi connectivity index (χ0v) is 15.9. The highest BCUT2D eigenvalue weighted by molar-refractivity contribution is 7.99. The average Bonchev–Trinajstić information content (AvgIpc) is 2.53. The van der Waals surface area contributed by atoms with E-state index < -0.39 is 41.7 Å². The van der Waals surface area contributed by atoms with Gasteiger partial charge in [-0.15, -0.1) is 0 Å². The molecule has 1 aromatic rings. The monoisotopic (exact) mass is 382 g/mol. The Morgan fingerprint density at radius 1 is 0.923 bits per heavy atom. The van der Waals surface area contributed by atoms with Crippen molar-refractivity contribution in [1.29, 1.82) is 0 Å². The molecule has 0 bridgehead atoms. The summed E-state index contributed by atoms with van der Waals surface area (Å²) < 4.78 is 21.6. The first-order valence-corrected chi connectivity index (χ1v) is 9.01. The first kappa shape index (κ1) is 20.3. The molecule has 142 valence electrons. The number of benzene rings is 1. The maximum Gasteiger partial charge on any atom is 0.303 e. The third kappa shape index (κ3) is 5.74. The quantitative estimate of drug-likeness (QED) is 0.566. The normalized spacial score (nSPS) is 25.2. The van der Waals surface area contributed by atoms with E-state index in [4.69, 9.17) is 18.9 Å². The molecule has 7 nitrogen and oxygen atoms in total. The van der Waals surface area contributed by atoms with E-state index in [1.54, 1.807) is 0 Å². The molecule has 0 unspecified atom stereocenters. The highest BCUT2D eigenvalue weighted by Crippen LogP contribution is 2.34. The minimum atomic E-state index is -0.947. The van der Waals surface area contributed by atoms with E-state index in [9.17, 15) is 14.4 Å². The fraction of sp³-hybridized carbons (Fsp3) is 0.500. The van der Waals surface area contributed by atoms with Crippen LogP contribution in [0.2, 0.25) is 0 Å². The van der Waals surface area contributed by atoms with Crippen LogP contribution in [0.4, 0.5) is 0 Å². The molecule has 1 aromatic carbocycles. The Labute approximate surface area is 156 Å². The van der Waals surface area contributed by atoms with Crippen molar-refractivity contribution < 1.29 is 33.3 Å². The van der Waals surface area contributed by atoms with Crippen LogP contribution >= 0.6 is 11.8 Å². The van der Waals surface area contributed by atoms with Crippen LogP contribution in [-0.4, -0.2) is 48.3 Å². The number of aryl methyl sites for hydroxylation is 1. The SMILES string of the molecule is CC(=O)O[C@@H]1[C@@H](OC(C)=O)[C@H](Sc2ccc(C)cc2)OC[C@H]1OC(C)=O. The van der Waals surface area contributed by atoms with Crippen LogP contribution < -0.4 is 0 Å². The summed E-state index contributed by atoms with van der Waals surface area (Å²) in [7, 11) is 0. The van der Waals surface area contributed by atoms with Gasteiger partial charge in [-0.1, -0.05) is 29.5 Å². The Morgan fingerprint density at radius 3 is 2.00 bits per heavy atom. The van der Waals surface area contributed by atoms with Crippen LogP contribution in [0.3, 0.4) is 0 Å². The summed E-state index contributed by atoms with van der Waals surface area (Å²) in [5, 5.41) is 0. The lowest BCUT2D eigenvalue weighted by molar-refractivity contribution is -0.213. The largest absolute Gasteiger partial charge is 0.456 e. The summed E-state index contributed by atoms with van der Waals surface area (Å²) in [4.78, 5) is 35.4. The molecule has 8 heteroatoms. The third-order valence-corrected chi connectivity index (χ3v) is 4.76. The van der Waals surface area contributed by atoms with Crippen molar-refractivity contribution in [2.75, 3.05) is 6.61 Å². The Kier molecular flexibility index (Phi) is 7.05. The van der Waals surface area contributed by atoms with Gasteiger partial charge < -0.3 is 18.9 Å². The van der Waals surface area contributed by atoms with Crippen LogP contribution in [0, 0.1) is 6.92 Å². The molecule has 4 atom stereocenters. The maximum absolute atomic E-state index is 11.6. The van der Waals surface area contributed by atoms with Gasteiger partial charge in [0, 0.05) is 25.7 Å². The Balaban J connectivity index is 2.25. The van der Waals surface area contributed by atoms with Crippen molar-refractivity contribution in [2.45, 2.75) is 56.3 Å². The van der Waals surface area contributed by atoms with Gasteiger partial charge in [-0.05, 0) is 19.1 Å². The molecule has 0 N–H and O–H groups in total. The topological polar surface area (TPSA) is 88.1 Å². The molecule has 1 aliphatic rings. The number of ether oxygens (including phenoxy) is 4. The molecule has 1 heterocycles. The smallest absolute Gasteiger partial charge is 0.303 e. The summed E-state index contributed by atoms with van der Waals surface area (Å²) >= 11 is 1.34. The molecule has 1 fully saturated rings. The van der Waals surface area contributed by atoms with E-state index in [0.717, 1.165) is 10.5 Å². The van der Waals surface area contributed by atoms with Gasteiger partial charge in [0.2, 0.25) is 0 Å². The molecule has 0 amide bonds. The summed E-state index contributed by atoms with van der Waals surface area (Å²) in [6.07, 6.45) is -2.71. The Hall–Kier alpha value is -2.06.